The second-order valence-electron chi connectivity index (χ2n) is 6.12. The number of hydrogen-bond acceptors (Lipinski definition) is 3. The maximum Gasteiger partial charge on any atom is 0.228 e. The number of benzene rings is 1. The third-order valence-electron chi connectivity index (χ3n) is 4.56. The molecule has 5 nitrogen and oxygen atoms in total. The maximum absolute atomic E-state index is 12.4. The highest BCUT2D eigenvalue weighted by Crippen LogP contribution is 2.58. The molecular weight excluding hydrogens is 302 g/mol. The molecule has 0 bridgehead atoms. The SMILES string of the molecule is CC(=O)Nc1cccc(NC(=O)C2CC23CCNCC3)c1.Cl. The molecule has 1 aliphatic carbocycles. The predicted octanol–water partition coefficient (Wildman–Crippen LogP) is 2.40. The van der Waals surface area contributed by atoms with Crippen molar-refractivity contribution in [2.75, 3.05) is 23.7 Å². The zero-order chi connectivity index (χ0) is 14.9. The number of hydrogen-bond donors (Lipinski definition) is 3. The van der Waals surface area contributed by atoms with Crippen molar-refractivity contribution in [2.45, 2.75) is 26.2 Å². The zero-order valence-corrected chi connectivity index (χ0v) is 13.5. The van der Waals surface area contributed by atoms with Crippen LogP contribution >= 0.6 is 12.4 Å². The first-order valence-electron chi connectivity index (χ1n) is 7.48. The van der Waals surface area contributed by atoms with Crippen molar-refractivity contribution >= 4 is 35.6 Å². The standard InChI is InChI=1S/C16H21N3O2.ClH/c1-11(20)18-12-3-2-4-13(9-12)19-15(21)14-10-16(14)5-7-17-8-6-16;/h2-4,9,14,17H,5-8,10H2,1H3,(H,18,20)(H,19,21);1H. The van der Waals surface area contributed by atoms with Crippen molar-refractivity contribution in [3.63, 3.8) is 0 Å². The number of amides is 2. The second kappa shape index (κ2) is 6.67. The molecule has 1 aromatic carbocycles. The van der Waals surface area contributed by atoms with Gasteiger partial charge >= 0.3 is 0 Å². The van der Waals surface area contributed by atoms with Gasteiger partial charge in [-0.15, -0.1) is 12.4 Å². The molecule has 2 amide bonds. The molecule has 1 aliphatic heterocycles. The lowest BCUT2D eigenvalue weighted by molar-refractivity contribution is -0.118. The summed E-state index contributed by atoms with van der Waals surface area (Å²) in [4.78, 5) is 23.4. The van der Waals surface area contributed by atoms with Gasteiger partial charge in [-0.05, 0) is 56.0 Å². The van der Waals surface area contributed by atoms with Crippen molar-refractivity contribution in [2.24, 2.45) is 11.3 Å². The Labute approximate surface area is 136 Å². The van der Waals surface area contributed by atoms with Gasteiger partial charge in [0.2, 0.25) is 11.8 Å². The minimum atomic E-state index is -0.116. The van der Waals surface area contributed by atoms with Gasteiger partial charge in [0, 0.05) is 24.2 Å². The molecule has 1 saturated carbocycles. The maximum atomic E-state index is 12.4. The van der Waals surface area contributed by atoms with E-state index in [1.807, 2.05) is 18.2 Å². The Morgan fingerprint density at radius 2 is 1.82 bits per heavy atom. The number of piperidine rings is 1. The van der Waals surface area contributed by atoms with Crippen molar-refractivity contribution < 1.29 is 9.59 Å². The van der Waals surface area contributed by atoms with E-state index in [2.05, 4.69) is 16.0 Å². The molecule has 6 heteroatoms. The van der Waals surface area contributed by atoms with E-state index in [-0.39, 0.29) is 35.6 Å². The highest BCUT2D eigenvalue weighted by Gasteiger charge is 2.57. The third kappa shape index (κ3) is 3.59. The number of carbonyl (C=O) groups is 2. The van der Waals surface area contributed by atoms with Crippen LogP contribution in [0.4, 0.5) is 11.4 Å². The topological polar surface area (TPSA) is 70.2 Å². The molecule has 1 saturated heterocycles. The first kappa shape index (κ1) is 16.8. The molecule has 1 unspecified atom stereocenters. The van der Waals surface area contributed by atoms with Crippen LogP contribution in [0, 0.1) is 11.3 Å². The van der Waals surface area contributed by atoms with Gasteiger partial charge in [-0.25, -0.2) is 0 Å². The Morgan fingerprint density at radius 1 is 1.18 bits per heavy atom. The fraction of sp³-hybridized carbons (Fsp3) is 0.500. The van der Waals surface area contributed by atoms with Gasteiger partial charge in [-0.1, -0.05) is 6.07 Å². The highest BCUT2D eigenvalue weighted by molar-refractivity contribution is 5.96. The van der Waals surface area contributed by atoms with E-state index in [9.17, 15) is 9.59 Å². The number of halogens is 1. The van der Waals surface area contributed by atoms with Gasteiger partial charge in [0.15, 0.2) is 0 Å². The van der Waals surface area contributed by atoms with Crippen LogP contribution < -0.4 is 16.0 Å². The van der Waals surface area contributed by atoms with Crippen LogP contribution in [0.25, 0.3) is 0 Å². The molecule has 3 N–H and O–H groups in total. The number of nitrogens with one attached hydrogen (secondary N) is 3. The lowest BCUT2D eigenvalue weighted by atomic mass is 9.92. The summed E-state index contributed by atoms with van der Waals surface area (Å²) in [5, 5.41) is 9.04. The quantitative estimate of drug-likeness (QED) is 0.800. The van der Waals surface area contributed by atoms with Gasteiger partial charge in [0.1, 0.15) is 0 Å². The molecule has 1 aromatic rings. The minimum Gasteiger partial charge on any atom is -0.326 e. The second-order valence-corrected chi connectivity index (χ2v) is 6.12. The van der Waals surface area contributed by atoms with E-state index < -0.39 is 0 Å². The monoisotopic (exact) mass is 323 g/mol. The van der Waals surface area contributed by atoms with E-state index in [0.717, 1.165) is 38.0 Å². The number of rotatable bonds is 3. The van der Waals surface area contributed by atoms with Gasteiger partial charge in [0.05, 0.1) is 0 Å². The van der Waals surface area contributed by atoms with Crippen molar-refractivity contribution in [1.82, 2.24) is 5.32 Å². The zero-order valence-electron chi connectivity index (χ0n) is 12.6. The van der Waals surface area contributed by atoms with Gasteiger partial charge in [-0.3, -0.25) is 9.59 Å². The minimum absolute atomic E-state index is 0. The van der Waals surface area contributed by atoms with E-state index in [0.29, 0.717) is 5.69 Å². The molecule has 1 spiro atoms. The molecule has 0 aromatic heterocycles. The predicted molar refractivity (Wildman–Crippen MR) is 89.3 cm³/mol. The molecule has 1 atom stereocenters. The third-order valence-corrected chi connectivity index (χ3v) is 4.56. The smallest absolute Gasteiger partial charge is 0.228 e. The number of anilines is 2. The molecule has 1 heterocycles. The molecule has 22 heavy (non-hydrogen) atoms. The lowest BCUT2D eigenvalue weighted by Crippen LogP contribution is -2.31. The van der Waals surface area contributed by atoms with E-state index in [1.165, 1.54) is 6.92 Å². The fourth-order valence-corrected chi connectivity index (χ4v) is 3.30. The summed E-state index contributed by atoms with van der Waals surface area (Å²) < 4.78 is 0. The first-order valence-corrected chi connectivity index (χ1v) is 7.48. The summed E-state index contributed by atoms with van der Waals surface area (Å²) in [7, 11) is 0. The summed E-state index contributed by atoms with van der Waals surface area (Å²) in [6.45, 7) is 3.50. The molecule has 2 aliphatic rings. The Bertz CT molecular complexity index is 570. The van der Waals surface area contributed by atoms with Crippen molar-refractivity contribution in [3.05, 3.63) is 24.3 Å². The average Bonchev–Trinajstić information content (AvgIpc) is 3.13. The van der Waals surface area contributed by atoms with E-state index >= 15 is 0 Å². The van der Waals surface area contributed by atoms with Crippen LogP contribution in [0.1, 0.15) is 26.2 Å². The lowest BCUT2D eigenvalue weighted by Gasteiger charge is -2.23. The normalized spacial score (nSPS) is 21.6. The first-order chi connectivity index (χ1) is 10.1. The van der Waals surface area contributed by atoms with Crippen LogP contribution in [0.3, 0.4) is 0 Å². The summed E-state index contributed by atoms with van der Waals surface area (Å²) in [5.74, 6) is 0.134. The molecule has 3 rings (SSSR count). The van der Waals surface area contributed by atoms with Gasteiger partial charge in [0.25, 0.3) is 0 Å². The van der Waals surface area contributed by atoms with E-state index in [4.69, 9.17) is 0 Å². The van der Waals surface area contributed by atoms with Gasteiger partial charge < -0.3 is 16.0 Å². The average molecular weight is 324 g/mol. The highest BCUT2D eigenvalue weighted by atomic mass is 35.5. The van der Waals surface area contributed by atoms with Crippen LogP contribution in [-0.2, 0) is 9.59 Å². The summed E-state index contributed by atoms with van der Waals surface area (Å²) in [6.07, 6.45) is 3.19. The summed E-state index contributed by atoms with van der Waals surface area (Å²) in [6, 6.07) is 7.27. The van der Waals surface area contributed by atoms with Gasteiger partial charge in [-0.2, -0.15) is 0 Å². The van der Waals surface area contributed by atoms with Crippen LogP contribution in [-0.4, -0.2) is 24.9 Å². The molecular formula is C16H22ClN3O2. The van der Waals surface area contributed by atoms with Crippen LogP contribution in [0.5, 0.6) is 0 Å². The van der Waals surface area contributed by atoms with Crippen LogP contribution in [0.2, 0.25) is 0 Å². The Kier molecular flexibility index (Phi) is 5.08. The van der Waals surface area contributed by atoms with Crippen molar-refractivity contribution in [3.8, 4) is 0 Å². The van der Waals surface area contributed by atoms with Crippen molar-refractivity contribution in [1.29, 1.82) is 0 Å². The molecule has 2 fully saturated rings. The summed E-state index contributed by atoms with van der Waals surface area (Å²) in [5.41, 5.74) is 1.68. The molecule has 0 radical (unpaired) electrons. The number of carbonyl (C=O) groups excluding carboxylic acids is 2. The summed E-state index contributed by atoms with van der Waals surface area (Å²) >= 11 is 0. The fourth-order valence-electron chi connectivity index (χ4n) is 3.30. The molecule has 120 valence electrons. The Balaban J connectivity index is 0.00000176. The Morgan fingerprint density at radius 3 is 2.45 bits per heavy atom. The largest absolute Gasteiger partial charge is 0.326 e. The van der Waals surface area contributed by atoms with E-state index in [1.54, 1.807) is 6.07 Å². The van der Waals surface area contributed by atoms with Crippen LogP contribution in [0.15, 0.2) is 24.3 Å². The Hall–Kier alpha value is -1.59.